The molecule has 0 amide bonds. The number of hydrogen-bond acceptors (Lipinski definition) is 2. The first-order chi connectivity index (χ1) is 20.3. The van der Waals surface area contributed by atoms with Crippen LogP contribution in [0.2, 0.25) is 0 Å². The highest BCUT2D eigenvalue weighted by Gasteiger charge is 2.40. The number of hydrogen-bond donors (Lipinski definition) is 0. The molecular formula is C38H23BS2. The lowest BCUT2D eigenvalue weighted by Crippen LogP contribution is -2.58. The van der Waals surface area contributed by atoms with Gasteiger partial charge in [-0.15, -0.1) is 0 Å². The second kappa shape index (κ2) is 9.17. The highest BCUT2D eigenvalue weighted by Crippen LogP contribution is 2.47. The summed E-state index contributed by atoms with van der Waals surface area (Å²) >= 11 is 3.89. The van der Waals surface area contributed by atoms with Gasteiger partial charge in [-0.3, -0.25) is 0 Å². The Morgan fingerprint density at radius 1 is 0.390 bits per heavy atom. The van der Waals surface area contributed by atoms with Gasteiger partial charge in [-0.25, -0.2) is 0 Å². The quantitative estimate of drug-likeness (QED) is 0.196. The van der Waals surface area contributed by atoms with Crippen molar-refractivity contribution in [3.05, 3.63) is 140 Å². The molecule has 0 bridgehead atoms. The van der Waals surface area contributed by atoms with Crippen molar-refractivity contribution in [1.82, 2.24) is 0 Å². The molecule has 0 unspecified atom stereocenters. The van der Waals surface area contributed by atoms with Gasteiger partial charge >= 0.3 is 0 Å². The molecule has 0 spiro atoms. The van der Waals surface area contributed by atoms with Crippen molar-refractivity contribution < 1.29 is 0 Å². The molecule has 0 aromatic heterocycles. The summed E-state index contributed by atoms with van der Waals surface area (Å²) in [6.45, 7) is 0.217. The average molecular weight is 555 g/mol. The molecule has 2 aliphatic heterocycles. The van der Waals surface area contributed by atoms with Gasteiger partial charge in [0.1, 0.15) is 0 Å². The Morgan fingerprint density at radius 3 is 1.34 bits per heavy atom. The van der Waals surface area contributed by atoms with Gasteiger partial charge in [-0.05, 0) is 79.6 Å². The van der Waals surface area contributed by atoms with Crippen molar-refractivity contribution in [3.8, 4) is 22.3 Å². The third-order valence-electron chi connectivity index (χ3n) is 8.56. The van der Waals surface area contributed by atoms with E-state index in [2.05, 4.69) is 140 Å². The Morgan fingerprint density at radius 2 is 0.829 bits per heavy atom. The highest BCUT2D eigenvalue weighted by atomic mass is 32.2. The van der Waals surface area contributed by atoms with E-state index < -0.39 is 0 Å². The monoisotopic (exact) mass is 554 g/mol. The summed E-state index contributed by atoms with van der Waals surface area (Å²) in [6.07, 6.45) is 0. The number of rotatable bonds is 2. The van der Waals surface area contributed by atoms with Crippen LogP contribution in [0.4, 0.5) is 0 Å². The van der Waals surface area contributed by atoms with Crippen LogP contribution in [0.15, 0.2) is 159 Å². The van der Waals surface area contributed by atoms with Gasteiger partial charge in [-0.1, -0.05) is 144 Å². The van der Waals surface area contributed by atoms with E-state index >= 15 is 0 Å². The molecule has 0 saturated heterocycles. The van der Waals surface area contributed by atoms with E-state index in [0.29, 0.717) is 0 Å². The summed E-state index contributed by atoms with van der Waals surface area (Å²) < 4.78 is 0. The van der Waals surface area contributed by atoms with Crippen molar-refractivity contribution in [2.45, 2.75) is 19.6 Å². The van der Waals surface area contributed by atoms with Gasteiger partial charge < -0.3 is 0 Å². The maximum Gasteiger partial charge on any atom is 0.247 e. The van der Waals surface area contributed by atoms with E-state index in [4.69, 9.17) is 0 Å². The lowest BCUT2D eigenvalue weighted by atomic mass is 9.36. The smallest absolute Gasteiger partial charge is 0.0905 e. The van der Waals surface area contributed by atoms with Crippen LogP contribution in [0.1, 0.15) is 0 Å². The molecule has 190 valence electrons. The van der Waals surface area contributed by atoms with Crippen LogP contribution < -0.4 is 16.4 Å². The van der Waals surface area contributed by atoms with Crippen LogP contribution in [-0.2, 0) is 0 Å². The molecule has 0 atom stereocenters. The molecular weight excluding hydrogens is 531 g/mol. The fraction of sp³-hybridized carbons (Fsp3) is 0. The number of fused-ring (bicyclic) bond motifs is 6. The molecule has 0 nitrogen and oxygen atoms in total. The zero-order chi connectivity index (χ0) is 26.9. The van der Waals surface area contributed by atoms with Gasteiger partial charge in [0.15, 0.2) is 0 Å². The van der Waals surface area contributed by atoms with E-state index in [9.17, 15) is 0 Å². The van der Waals surface area contributed by atoms with Crippen LogP contribution in [-0.4, -0.2) is 6.71 Å². The van der Waals surface area contributed by atoms with Crippen LogP contribution >= 0.6 is 23.5 Å². The number of benzene rings is 7. The van der Waals surface area contributed by atoms with Gasteiger partial charge in [0, 0.05) is 19.6 Å². The van der Waals surface area contributed by atoms with Gasteiger partial charge in [0.05, 0.1) is 0 Å². The zero-order valence-electron chi connectivity index (χ0n) is 22.2. The lowest BCUT2D eigenvalue weighted by Gasteiger charge is -2.35. The molecule has 3 heteroatoms. The molecule has 2 aliphatic rings. The molecule has 7 aromatic carbocycles. The molecule has 0 N–H and O–H groups in total. The minimum Gasteiger partial charge on any atom is -0.0905 e. The lowest BCUT2D eigenvalue weighted by molar-refractivity contribution is 1.33. The van der Waals surface area contributed by atoms with Crippen LogP contribution in [0, 0.1) is 0 Å². The maximum absolute atomic E-state index is 2.47. The first-order valence-corrected chi connectivity index (χ1v) is 15.7. The highest BCUT2D eigenvalue weighted by molar-refractivity contribution is 8.01. The molecule has 0 aliphatic carbocycles. The van der Waals surface area contributed by atoms with Crippen LogP contribution in [0.25, 0.3) is 43.8 Å². The van der Waals surface area contributed by atoms with Crippen LogP contribution in [0.5, 0.6) is 0 Å². The van der Waals surface area contributed by atoms with Crippen molar-refractivity contribution in [2.75, 3.05) is 0 Å². The van der Waals surface area contributed by atoms with Crippen LogP contribution in [0.3, 0.4) is 0 Å². The maximum atomic E-state index is 2.47. The Bertz CT molecular complexity index is 2030. The van der Waals surface area contributed by atoms with Gasteiger partial charge in [-0.2, -0.15) is 0 Å². The summed E-state index contributed by atoms with van der Waals surface area (Å²) in [5.41, 5.74) is 9.49. The van der Waals surface area contributed by atoms with E-state index in [1.165, 1.54) is 79.8 Å². The van der Waals surface area contributed by atoms with Crippen molar-refractivity contribution in [1.29, 1.82) is 0 Å². The summed E-state index contributed by atoms with van der Waals surface area (Å²) in [7, 11) is 0. The predicted molar refractivity (Wildman–Crippen MR) is 178 cm³/mol. The topological polar surface area (TPSA) is 0 Å². The Labute approximate surface area is 248 Å². The second-order valence-corrected chi connectivity index (χ2v) is 13.0. The summed E-state index contributed by atoms with van der Waals surface area (Å²) in [6, 6.07) is 51.8. The minimum absolute atomic E-state index is 0.217. The molecule has 7 aromatic rings. The van der Waals surface area contributed by atoms with Crippen molar-refractivity contribution in [2.24, 2.45) is 0 Å². The standard InChI is InChI=1S/C38H23BS2/c1-3-11-26-21-28(19-17-24(26)9-1)30-23-31(29-20-18-25-10-2-4-12-27(25)22-29)38-36-37(30)40-34-15-7-5-13-32(34)39(36)33-14-6-8-16-35(33)41-38/h1-23H. The predicted octanol–water partition coefficient (Wildman–Crippen LogP) is 8.77. The third kappa shape index (κ3) is 3.66. The molecule has 2 heterocycles. The molecule has 0 saturated carbocycles. The van der Waals surface area contributed by atoms with E-state index in [1.807, 2.05) is 23.5 Å². The SMILES string of the molecule is c1ccc2c(c1)Sc1c(-c3ccc4ccccc4c3)cc(-c3ccc4ccccc4c3)c3c1B2c1ccccc1S3. The summed E-state index contributed by atoms with van der Waals surface area (Å²) in [4.78, 5) is 5.51. The fourth-order valence-corrected chi connectivity index (χ4v) is 9.25. The largest absolute Gasteiger partial charge is 0.247 e. The Balaban J connectivity index is 1.39. The molecule has 41 heavy (non-hydrogen) atoms. The molecule has 0 radical (unpaired) electrons. The first-order valence-electron chi connectivity index (χ1n) is 14.0. The first kappa shape index (κ1) is 23.5. The summed E-state index contributed by atoms with van der Waals surface area (Å²) in [5.74, 6) is 0. The van der Waals surface area contributed by atoms with Crippen molar-refractivity contribution >= 4 is 68.2 Å². The average Bonchev–Trinajstić information content (AvgIpc) is 3.04. The third-order valence-corrected chi connectivity index (χ3v) is 11.0. The van der Waals surface area contributed by atoms with Gasteiger partial charge in [0.2, 0.25) is 6.71 Å². The molecule has 0 fully saturated rings. The minimum atomic E-state index is 0.217. The van der Waals surface area contributed by atoms with E-state index in [1.54, 1.807) is 0 Å². The van der Waals surface area contributed by atoms with Crippen molar-refractivity contribution in [3.63, 3.8) is 0 Å². The Hall–Kier alpha value is -4.18. The second-order valence-electron chi connectivity index (χ2n) is 10.9. The summed E-state index contributed by atoms with van der Waals surface area (Å²) in [5, 5.41) is 5.11. The van der Waals surface area contributed by atoms with E-state index in [0.717, 1.165) is 0 Å². The Kier molecular flexibility index (Phi) is 5.26. The van der Waals surface area contributed by atoms with E-state index in [-0.39, 0.29) is 6.71 Å². The normalized spacial score (nSPS) is 13.1. The molecule has 9 rings (SSSR count). The van der Waals surface area contributed by atoms with Gasteiger partial charge in [0.25, 0.3) is 0 Å². The zero-order valence-corrected chi connectivity index (χ0v) is 23.8. The fourth-order valence-electron chi connectivity index (χ4n) is 6.62.